The van der Waals surface area contributed by atoms with Crippen LogP contribution in [0.15, 0.2) is 47.4 Å². The van der Waals surface area contributed by atoms with Crippen LogP contribution < -0.4 is 10.1 Å². The van der Waals surface area contributed by atoms with E-state index >= 15 is 0 Å². The van der Waals surface area contributed by atoms with Crippen LogP contribution in [-0.4, -0.2) is 31.3 Å². The Balaban J connectivity index is 1.73. The van der Waals surface area contributed by atoms with Crippen LogP contribution in [0.4, 0.5) is 8.78 Å². The third kappa shape index (κ3) is 6.03. The molecule has 1 amide bonds. The number of carbonyl (C=O) groups is 2. The van der Waals surface area contributed by atoms with Gasteiger partial charge in [0.1, 0.15) is 17.4 Å². The van der Waals surface area contributed by atoms with E-state index in [1.807, 2.05) is 12.1 Å². The van der Waals surface area contributed by atoms with Gasteiger partial charge in [0.15, 0.2) is 6.61 Å². The Labute approximate surface area is 153 Å². The third-order valence-corrected chi connectivity index (χ3v) is 4.28. The summed E-state index contributed by atoms with van der Waals surface area (Å²) in [5, 5.41) is 2.61. The fourth-order valence-electron chi connectivity index (χ4n) is 2.01. The van der Waals surface area contributed by atoms with Crippen LogP contribution in [0, 0.1) is 11.6 Å². The summed E-state index contributed by atoms with van der Waals surface area (Å²) < 4.78 is 36.5. The van der Waals surface area contributed by atoms with Gasteiger partial charge in [-0.1, -0.05) is 18.2 Å². The molecule has 0 heterocycles. The highest BCUT2D eigenvalue weighted by atomic mass is 32.2. The fourth-order valence-corrected chi connectivity index (χ4v) is 2.76. The second-order valence-electron chi connectivity index (χ2n) is 5.11. The Kier molecular flexibility index (Phi) is 7.40. The molecular formula is C18H17F2NO4S. The van der Waals surface area contributed by atoms with E-state index in [-0.39, 0.29) is 17.2 Å². The predicted molar refractivity (Wildman–Crippen MR) is 92.9 cm³/mol. The Morgan fingerprint density at radius 3 is 2.69 bits per heavy atom. The number of esters is 1. The van der Waals surface area contributed by atoms with Crippen molar-refractivity contribution < 1.29 is 27.8 Å². The lowest BCUT2D eigenvalue weighted by atomic mass is 10.2. The van der Waals surface area contributed by atoms with Gasteiger partial charge < -0.3 is 14.8 Å². The minimum absolute atomic E-state index is 0.00238. The van der Waals surface area contributed by atoms with Crippen molar-refractivity contribution in [3.8, 4) is 5.75 Å². The lowest BCUT2D eigenvalue weighted by Crippen LogP contribution is -2.28. The Bertz CT molecular complexity index is 786. The summed E-state index contributed by atoms with van der Waals surface area (Å²) in [4.78, 5) is 23.4. The van der Waals surface area contributed by atoms with Crippen molar-refractivity contribution >= 4 is 23.6 Å². The molecule has 26 heavy (non-hydrogen) atoms. The minimum Gasteiger partial charge on any atom is -0.496 e. The number of ether oxygens (including phenoxy) is 2. The monoisotopic (exact) mass is 381 g/mol. The van der Waals surface area contributed by atoms with Crippen molar-refractivity contribution in [3.05, 3.63) is 59.7 Å². The van der Waals surface area contributed by atoms with Gasteiger partial charge in [-0.25, -0.2) is 8.78 Å². The van der Waals surface area contributed by atoms with Gasteiger partial charge in [-0.3, -0.25) is 9.59 Å². The van der Waals surface area contributed by atoms with Crippen LogP contribution in [0.3, 0.4) is 0 Å². The Hall–Kier alpha value is -2.61. The number of hydrogen-bond donors (Lipinski definition) is 1. The molecule has 0 atom stereocenters. The smallest absolute Gasteiger partial charge is 0.316 e. The molecule has 8 heteroatoms. The molecule has 1 N–H and O–H groups in total. The molecule has 138 valence electrons. The van der Waals surface area contributed by atoms with Crippen molar-refractivity contribution in [1.82, 2.24) is 5.32 Å². The molecule has 0 aliphatic rings. The van der Waals surface area contributed by atoms with E-state index in [0.29, 0.717) is 5.75 Å². The van der Waals surface area contributed by atoms with Gasteiger partial charge in [-0.05, 0) is 24.3 Å². The Morgan fingerprint density at radius 2 is 1.92 bits per heavy atom. The lowest BCUT2D eigenvalue weighted by Gasteiger charge is -2.10. The molecule has 2 aromatic rings. The first-order valence-electron chi connectivity index (χ1n) is 7.61. The molecule has 0 unspecified atom stereocenters. The normalized spacial score (nSPS) is 10.3. The van der Waals surface area contributed by atoms with Gasteiger partial charge in [-0.2, -0.15) is 0 Å². The summed E-state index contributed by atoms with van der Waals surface area (Å²) in [6.45, 7) is -0.232. The van der Waals surface area contributed by atoms with E-state index < -0.39 is 30.1 Å². The standard InChI is InChI=1S/C18H17F2NO4S/c1-24-15-5-3-2-4-12(15)9-21-17(22)10-25-18(23)11-26-16-8-13(19)6-7-14(16)20/h2-8H,9-11H2,1H3,(H,21,22). The molecule has 0 aliphatic carbocycles. The van der Waals surface area contributed by atoms with Crippen LogP contribution in [0.2, 0.25) is 0 Å². The summed E-state index contributed by atoms with van der Waals surface area (Å²) in [6.07, 6.45) is 0. The molecular weight excluding hydrogens is 364 g/mol. The molecule has 0 aliphatic heterocycles. The van der Waals surface area contributed by atoms with Gasteiger partial charge in [0.05, 0.1) is 12.9 Å². The van der Waals surface area contributed by atoms with Crippen LogP contribution >= 0.6 is 11.8 Å². The molecule has 5 nitrogen and oxygen atoms in total. The number of thioether (sulfide) groups is 1. The topological polar surface area (TPSA) is 64.6 Å². The van der Waals surface area contributed by atoms with Crippen molar-refractivity contribution in [2.45, 2.75) is 11.4 Å². The zero-order chi connectivity index (χ0) is 18.9. The first-order valence-corrected chi connectivity index (χ1v) is 8.60. The summed E-state index contributed by atoms with van der Waals surface area (Å²) in [6, 6.07) is 10.2. The number of carbonyl (C=O) groups excluding carboxylic acids is 2. The summed E-state index contributed by atoms with van der Waals surface area (Å²) >= 11 is 0.798. The molecule has 0 bridgehead atoms. The Morgan fingerprint density at radius 1 is 1.15 bits per heavy atom. The number of hydrogen-bond acceptors (Lipinski definition) is 5. The van der Waals surface area contributed by atoms with Gasteiger partial charge >= 0.3 is 5.97 Å². The van der Waals surface area contributed by atoms with Gasteiger partial charge in [0.25, 0.3) is 5.91 Å². The minimum atomic E-state index is -0.703. The molecule has 2 rings (SSSR count). The van der Waals surface area contributed by atoms with Gasteiger partial charge in [0, 0.05) is 17.0 Å². The molecule has 0 fully saturated rings. The van der Waals surface area contributed by atoms with Gasteiger partial charge in [-0.15, -0.1) is 11.8 Å². The zero-order valence-electron chi connectivity index (χ0n) is 14.0. The number of nitrogens with one attached hydrogen (secondary N) is 1. The van der Waals surface area contributed by atoms with E-state index in [4.69, 9.17) is 9.47 Å². The van der Waals surface area contributed by atoms with Crippen molar-refractivity contribution in [2.24, 2.45) is 0 Å². The molecule has 2 aromatic carbocycles. The summed E-state index contributed by atoms with van der Waals surface area (Å²) in [5.74, 6) is -2.01. The molecule has 0 radical (unpaired) electrons. The van der Waals surface area contributed by atoms with Crippen LogP contribution in [0.25, 0.3) is 0 Å². The van der Waals surface area contributed by atoms with E-state index in [1.54, 1.807) is 12.1 Å². The first-order chi connectivity index (χ1) is 12.5. The summed E-state index contributed by atoms with van der Waals surface area (Å²) in [5.41, 5.74) is 0.784. The van der Waals surface area contributed by atoms with E-state index in [2.05, 4.69) is 5.32 Å². The van der Waals surface area contributed by atoms with Crippen molar-refractivity contribution in [1.29, 1.82) is 0 Å². The second kappa shape index (κ2) is 9.76. The largest absolute Gasteiger partial charge is 0.496 e. The van der Waals surface area contributed by atoms with E-state index in [0.717, 1.165) is 35.5 Å². The van der Waals surface area contributed by atoms with Crippen LogP contribution in [-0.2, 0) is 20.9 Å². The third-order valence-electron chi connectivity index (χ3n) is 3.27. The maximum absolute atomic E-state index is 13.4. The molecule has 0 aromatic heterocycles. The molecule has 0 saturated carbocycles. The first kappa shape index (κ1) is 19.7. The highest BCUT2D eigenvalue weighted by Crippen LogP contribution is 2.22. The zero-order valence-corrected chi connectivity index (χ0v) is 14.8. The maximum Gasteiger partial charge on any atom is 0.316 e. The number of amides is 1. The average Bonchev–Trinajstić information content (AvgIpc) is 2.65. The number of halogens is 2. The number of rotatable bonds is 8. The SMILES string of the molecule is COc1ccccc1CNC(=O)COC(=O)CSc1cc(F)ccc1F. The fraction of sp³-hybridized carbons (Fsp3) is 0.222. The van der Waals surface area contributed by atoms with Crippen LogP contribution in [0.1, 0.15) is 5.56 Å². The quantitative estimate of drug-likeness (QED) is 0.563. The van der Waals surface area contributed by atoms with E-state index in [9.17, 15) is 18.4 Å². The lowest BCUT2D eigenvalue weighted by molar-refractivity contribution is -0.145. The number of methoxy groups -OCH3 is 1. The van der Waals surface area contributed by atoms with E-state index in [1.165, 1.54) is 7.11 Å². The van der Waals surface area contributed by atoms with Crippen molar-refractivity contribution in [2.75, 3.05) is 19.5 Å². The van der Waals surface area contributed by atoms with Crippen LogP contribution in [0.5, 0.6) is 5.75 Å². The molecule has 0 saturated heterocycles. The second-order valence-corrected chi connectivity index (χ2v) is 6.13. The maximum atomic E-state index is 13.4. The average molecular weight is 381 g/mol. The highest BCUT2D eigenvalue weighted by Gasteiger charge is 2.11. The molecule has 0 spiro atoms. The highest BCUT2D eigenvalue weighted by molar-refractivity contribution is 8.00. The number of para-hydroxylation sites is 1. The van der Waals surface area contributed by atoms with Gasteiger partial charge in [0.2, 0.25) is 0 Å². The summed E-state index contributed by atoms with van der Waals surface area (Å²) in [7, 11) is 1.53. The number of benzene rings is 2. The predicted octanol–water partition coefficient (Wildman–Crippen LogP) is 2.93. The van der Waals surface area contributed by atoms with Crippen molar-refractivity contribution in [3.63, 3.8) is 0 Å².